The van der Waals surface area contributed by atoms with Crippen LogP contribution in [-0.2, 0) is 11.3 Å². The zero-order valence-corrected chi connectivity index (χ0v) is 10.3. The van der Waals surface area contributed by atoms with Gasteiger partial charge in [-0.1, -0.05) is 0 Å². The summed E-state index contributed by atoms with van der Waals surface area (Å²) >= 11 is 0. The standard InChI is InChI=1S/C11H21N3O/c1-8-10(9(2)14-13-8)6-12-11(3,4)7-15-5/h12H,6-7H2,1-5H3,(H,13,14). The van der Waals surface area contributed by atoms with Crippen LogP contribution in [0.5, 0.6) is 0 Å². The molecule has 4 heteroatoms. The fourth-order valence-electron chi connectivity index (χ4n) is 1.57. The summed E-state index contributed by atoms with van der Waals surface area (Å²) in [5.74, 6) is 0. The predicted molar refractivity (Wildman–Crippen MR) is 60.9 cm³/mol. The number of hydrogen-bond donors (Lipinski definition) is 2. The van der Waals surface area contributed by atoms with Gasteiger partial charge >= 0.3 is 0 Å². The van der Waals surface area contributed by atoms with E-state index in [1.54, 1.807) is 7.11 Å². The highest BCUT2D eigenvalue weighted by Crippen LogP contribution is 2.11. The van der Waals surface area contributed by atoms with E-state index < -0.39 is 0 Å². The molecule has 4 nitrogen and oxygen atoms in total. The van der Waals surface area contributed by atoms with Gasteiger partial charge in [0.15, 0.2) is 0 Å². The van der Waals surface area contributed by atoms with E-state index in [1.807, 2.05) is 13.8 Å². The second kappa shape index (κ2) is 4.77. The van der Waals surface area contributed by atoms with Crippen molar-refractivity contribution in [2.75, 3.05) is 13.7 Å². The molecule has 0 aromatic carbocycles. The zero-order chi connectivity index (χ0) is 11.5. The molecular weight excluding hydrogens is 190 g/mol. The van der Waals surface area contributed by atoms with Crippen molar-refractivity contribution in [2.45, 2.75) is 39.8 Å². The number of H-pyrrole nitrogens is 1. The van der Waals surface area contributed by atoms with Gasteiger partial charge in [-0.3, -0.25) is 5.10 Å². The third-order valence-electron chi connectivity index (χ3n) is 2.53. The van der Waals surface area contributed by atoms with Crippen molar-refractivity contribution < 1.29 is 4.74 Å². The van der Waals surface area contributed by atoms with E-state index in [0.29, 0.717) is 6.61 Å². The van der Waals surface area contributed by atoms with E-state index in [1.165, 1.54) is 5.56 Å². The summed E-state index contributed by atoms with van der Waals surface area (Å²) in [7, 11) is 1.72. The molecule has 0 amide bonds. The van der Waals surface area contributed by atoms with Gasteiger partial charge < -0.3 is 10.1 Å². The number of nitrogens with one attached hydrogen (secondary N) is 2. The van der Waals surface area contributed by atoms with Crippen LogP contribution < -0.4 is 5.32 Å². The number of ether oxygens (including phenoxy) is 1. The minimum atomic E-state index is -0.00903. The summed E-state index contributed by atoms with van der Waals surface area (Å²) in [5, 5.41) is 10.6. The van der Waals surface area contributed by atoms with Gasteiger partial charge in [-0.15, -0.1) is 0 Å². The summed E-state index contributed by atoms with van der Waals surface area (Å²) < 4.78 is 5.15. The fraction of sp³-hybridized carbons (Fsp3) is 0.727. The van der Waals surface area contributed by atoms with E-state index in [9.17, 15) is 0 Å². The summed E-state index contributed by atoms with van der Waals surface area (Å²) in [6.07, 6.45) is 0. The second-order valence-electron chi connectivity index (χ2n) is 4.58. The number of rotatable bonds is 5. The molecule has 0 atom stereocenters. The smallest absolute Gasteiger partial charge is 0.0639 e. The molecule has 0 aliphatic heterocycles. The van der Waals surface area contributed by atoms with Crippen LogP contribution in [0, 0.1) is 13.8 Å². The van der Waals surface area contributed by atoms with Crippen molar-refractivity contribution in [1.82, 2.24) is 15.5 Å². The summed E-state index contributed by atoms with van der Waals surface area (Å²) in [6, 6.07) is 0. The van der Waals surface area contributed by atoms with Crippen LogP contribution in [0.2, 0.25) is 0 Å². The number of aromatic amines is 1. The lowest BCUT2D eigenvalue weighted by Crippen LogP contribution is -2.42. The van der Waals surface area contributed by atoms with Crippen LogP contribution in [0.3, 0.4) is 0 Å². The van der Waals surface area contributed by atoms with Gasteiger partial charge in [-0.25, -0.2) is 0 Å². The van der Waals surface area contributed by atoms with Crippen molar-refractivity contribution in [3.63, 3.8) is 0 Å². The Kier molecular flexibility index (Phi) is 3.88. The first-order chi connectivity index (χ1) is 6.96. The van der Waals surface area contributed by atoms with Gasteiger partial charge in [0.05, 0.1) is 12.3 Å². The molecule has 0 spiro atoms. The lowest BCUT2D eigenvalue weighted by atomic mass is 10.1. The Morgan fingerprint density at radius 2 is 2.07 bits per heavy atom. The van der Waals surface area contributed by atoms with Crippen molar-refractivity contribution in [1.29, 1.82) is 0 Å². The first kappa shape index (κ1) is 12.2. The number of aryl methyl sites for hydroxylation is 2. The van der Waals surface area contributed by atoms with Gasteiger partial charge in [0.25, 0.3) is 0 Å². The monoisotopic (exact) mass is 211 g/mol. The van der Waals surface area contributed by atoms with Gasteiger partial charge in [-0.2, -0.15) is 5.10 Å². The van der Waals surface area contributed by atoms with Crippen LogP contribution in [0.1, 0.15) is 30.8 Å². The van der Waals surface area contributed by atoms with Gasteiger partial charge in [-0.05, 0) is 27.7 Å². The Labute approximate surface area is 91.4 Å². The Morgan fingerprint density at radius 3 is 2.53 bits per heavy atom. The Bertz CT molecular complexity index is 298. The Hall–Kier alpha value is -0.870. The number of methoxy groups -OCH3 is 1. The van der Waals surface area contributed by atoms with Gasteiger partial charge in [0.1, 0.15) is 0 Å². The first-order valence-corrected chi connectivity index (χ1v) is 5.20. The lowest BCUT2D eigenvalue weighted by Gasteiger charge is -2.25. The quantitative estimate of drug-likeness (QED) is 0.776. The van der Waals surface area contributed by atoms with Crippen molar-refractivity contribution in [3.8, 4) is 0 Å². The third-order valence-corrected chi connectivity index (χ3v) is 2.53. The molecule has 86 valence electrons. The molecule has 15 heavy (non-hydrogen) atoms. The molecule has 2 N–H and O–H groups in total. The lowest BCUT2D eigenvalue weighted by molar-refractivity contribution is 0.127. The molecule has 0 bridgehead atoms. The molecule has 1 heterocycles. The molecule has 1 aromatic rings. The van der Waals surface area contributed by atoms with E-state index in [-0.39, 0.29) is 5.54 Å². The van der Waals surface area contributed by atoms with Crippen molar-refractivity contribution in [3.05, 3.63) is 17.0 Å². The minimum absolute atomic E-state index is 0.00903. The first-order valence-electron chi connectivity index (χ1n) is 5.20. The molecular formula is C11H21N3O. The van der Waals surface area contributed by atoms with E-state index in [4.69, 9.17) is 4.74 Å². The Morgan fingerprint density at radius 1 is 1.40 bits per heavy atom. The maximum absolute atomic E-state index is 5.15. The van der Waals surface area contributed by atoms with E-state index >= 15 is 0 Å². The minimum Gasteiger partial charge on any atom is -0.383 e. The van der Waals surface area contributed by atoms with E-state index in [2.05, 4.69) is 29.4 Å². The van der Waals surface area contributed by atoms with Crippen molar-refractivity contribution in [2.24, 2.45) is 0 Å². The van der Waals surface area contributed by atoms with Gasteiger partial charge in [0, 0.05) is 30.5 Å². The number of aromatic nitrogens is 2. The molecule has 0 saturated carbocycles. The number of nitrogens with zero attached hydrogens (tertiary/aromatic N) is 1. The molecule has 0 fully saturated rings. The summed E-state index contributed by atoms with van der Waals surface area (Å²) in [5.41, 5.74) is 3.44. The average Bonchev–Trinajstić information content (AvgIpc) is 2.44. The summed E-state index contributed by atoms with van der Waals surface area (Å²) in [4.78, 5) is 0. The molecule has 1 rings (SSSR count). The maximum atomic E-state index is 5.15. The highest BCUT2D eigenvalue weighted by molar-refractivity contribution is 5.22. The SMILES string of the molecule is COCC(C)(C)NCc1c(C)n[nH]c1C. The topological polar surface area (TPSA) is 49.9 Å². The highest BCUT2D eigenvalue weighted by atomic mass is 16.5. The second-order valence-corrected chi connectivity index (χ2v) is 4.58. The predicted octanol–water partition coefficient (Wildman–Crippen LogP) is 1.54. The van der Waals surface area contributed by atoms with Crippen LogP contribution in [0.4, 0.5) is 0 Å². The fourth-order valence-corrected chi connectivity index (χ4v) is 1.57. The third kappa shape index (κ3) is 3.32. The molecule has 0 saturated heterocycles. The largest absolute Gasteiger partial charge is 0.383 e. The molecule has 0 aliphatic rings. The van der Waals surface area contributed by atoms with E-state index in [0.717, 1.165) is 17.9 Å². The van der Waals surface area contributed by atoms with Crippen molar-refractivity contribution >= 4 is 0 Å². The zero-order valence-electron chi connectivity index (χ0n) is 10.3. The van der Waals surface area contributed by atoms with Crippen LogP contribution in [0.25, 0.3) is 0 Å². The number of hydrogen-bond acceptors (Lipinski definition) is 3. The summed E-state index contributed by atoms with van der Waals surface area (Å²) in [6.45, 7) is 9.83. The van der Waals surface area contributed by atoms with Crippen LogP contribution >= 0.6 is 0 Å². The van der Waals surface area contributed by atoms with Crippen LogP contribution in [-0.4, -0.2) is 29.5 Å². The normalized spacial score (nSPS) is 12.1. The van der Waals surface area contributed by atoms with Crippen LogP contribution in [0.15, 0.2) is 0 Å². The highest BCUT2D eigenvalue weighted by Gasteiger charge is 2.17. The molecule has 0 aliphatic carbocycles. The molecule has 1 aromatic heterocycles. The molecule has 0 unspecified atom stereocenters. The average molecular weight is 211 g/mol. The Balaban J connectivity index is 2.57. The van der Waals surface area contributed by atoms with Gasteiger partial charge in [0.2, 0.25) is 0 Å². The maximum Gasteiger partial charge on any atom is 0.0639 e. The molecule has 0 radical (unpaired) electrons.